The molecule has 0 aromatic heterocycles. The molecule has 0 N–H and O–H groups in total. The Morgan fingerprint density at radius 3 is 1.67 bits per heavy atom. The van der Waals surface area contributed by atoms with Gasteiger partial charge in [-0.2, -0.15) is 0 Å². The Kier molecular flexibility index (Phi) is 5.05. The van der Waals surface area contributed by atoms with Crippen molar-refractivity contribution < 1.29 is 8.78 Å². The van der Waals surface area contributed by atoms with E-state index >= 15 is 0 Å². The fourth-order valence-corrected chi connectivity index (χ4v) is 2.78. The molecule has 0 atom stereocenters. The topological polar surface area (TPSA) is 0 Å². The molecule has 0 heterocycles. The van der Waals surface area contributed by atoms with Crippen molar-refractivity contribution in [2.45, 2.75) is 26.2 Å². The monoisotopic (exact) mass is 322 g/mol. The van der Waals surface area contributed by atoms with Crippen LogP contribution in [0.4, 0.5) is 8.78 Å². The van der Waals surface area contributed by atoms with E-state index in [4.69, 9.17) is 0 Å². The number of unbranched alkanes of at least 4 members (excludes halogenated alkanes) is 1. The van der Waals surface area contributed by atoms with Gasteiger partial charge in [-0.3, -0.25) is 0 Å². The summed E-state index contributed by atoms with van der Waals surface area (Å²) in [5.74, 6) is -1.64. The van der Waals surface area contributed by atoms with Crippen molar-refractivity contribution in [2.75, 3.05) is 0 Å². The second-order valence-electron chi connectivity index (χ2n) is 6.01. The van der Waals surface area contributed by atoms with Crippen LogP contribution in [-0.2, 0) is 6.42 Å². The molecule has 0 aliphatic rings. The number of hydrogen-bond acceptors (Lipinski definition) is 0. The van der Waals surface area contributed by atoms with Crippen molar-refractivity contribution >= 4 is 0 Å². The van der Waals surface area contributed by atoms with Crippen LogP contribution in [-0.4, -0.2) is 0 Å². The first kappa shape index (κ1) is 16.4. The van der Waals surface area contributed by atoms with E-state index in [1.165, 1.54) is 24.5 Å². The average Bonchev–Trinajstić information content (AvgIpc) is 2.63. The van der Waals surface area contributed by atoms with Gasteiger partial charge < -0.3 is 0 Å². The molecule has 0 fully saturated rings. The first-order chi connectivity index (χ1) is 11.7. The van der Waals surface area contributed by atoms with Gasteiger partial charge in [-0.25, -0.2) is 8.78 Å². The second-order valence-corrected chi connectivity index (χ2v) is 6.01. The normalized spacial score (nSPS) is 10.8. The van der Waals surface area contributed by atoms with Crippen LogP contribution in [0, 0.1) is 11.6 Å². The van der Waals surface area contributed by atoms with Crippen molar-refractivity contribution in [1.82, 2.24) is 0 Å². The van der Waals surface area contributed by atoms with Crippen LogP contribution in [0.5, 0.6) is 0 Å². The SMILES string of the molecule is CCCCc1ccc(-c2ccc(-c3ccc(F)c(F)c3)cc2)cc1. The molecular formula is C22H20F2. The highest BCUT2D eigenvalue weighted by Gasteiger charge is 2.05. The molecule has 0 unspecified atom stereocenters. The van der Waals surface area contributed by atoms with Crippen LogP contribution in [0.2, 0.25) is 0 Å². The van der Waals surface area contributed by atoms with Crippen molar-refractivity contribution in [1.29, 1.82) is 0 Å². The highest BCUT2D eigenvalue weighted by molar-refractivity contribution is 5.70. The third kappa shape index (κ3) is 3.70. The van der Waals surface area contributed by atoms with Crippen LogP contribution in [0.25, 0.3) is 22.3 Å². The molecule has 0 spiro atoms. The Bertz CT molecular complexity index is 802. The Hall–Kier alpha value is -2.48. The Morgan fingerprint density at radius 1 is 0.625 bits per heavy atom. The number of hydrogen-bond donors (Lipinski definition) is 0. The van der Waals surface area contributed by atoms with Crippen LogP contribution in [0.15, 0.2) is 66.7 Å². The molecule has 3 aromatic carbocycles. The maximum atomic E-state index is 13.4. The smallest absolute Gasteiger partial charge is 0.159 e. The first-order valence-corrected chi connectivity index (χ1v) is 8.32. The summed E-state index contributed by atoms with van der Waals surface area (Å²) in [6.07, 6.45) is 3.53. The first-order valence-electron chi connectivity index (χ1n) is 8.32. The summed E-state index contributed by atoms with van der Waals surface area (Å²) in [7, 11) is 0. The van der Waals surface area contributed by atoms with Crippen molar-refractivity contribution in [2.24, 2.45) is 0 Å². The van der Waals surface area contributed by atoms with Gasteiger partial charge in [0.25, 0.3) is 0 Å². The summed E-state index contributed by atoms with van der Waals surface area (Å²) in [5, 5.41) is 0. The van der Waals surface area contributed by atoms with Crippen LogP contribution >= 0.6 is 0 Å². The Balaban J connectivity index is 1.80. The molecule has 0 nitrogen and oxygen atoms in total. The molecule has 0 bridgehead atoms. The third-order valence-corrected chi connectivity index (χ3v) is 4.24. The van der Waals surface area contributed by atoms with Gasteiger partial charge in [0.1, 0.15) is 0 Å². The summed E-state index contributed by atoms with van der Waals surface area (Å²) < 4.78 is 26.4. The largest absolute Gasteiger partial charge is 0.204 e. The minimum absolute atomic E-state index is 0.676. The molecule has 0 radical (unpaired) electrons. The van der Waals surface area contributed by atoms with Gasteiger partial charge in [-0.1, -0.05) is 67.9 Å². The minimum Gasteiger partial charge on any atom is -0.204 e. The number of aryl methyl sites for hydroxylation is 1. The lowest BCUT2D eigenvalue weighted by Gasteiger charge is -2.07. The summed E-state index contributed by atoms with van der Waals surface area (Å²) in [6.45, 7) is 2.20. The fourth-order valence-electron chi connectivity index (χ4n) is 2.78. The Labute approximate surface area is 141 Å². The van der Waals surface area contributed by atoms with Crippen molar-refractivity contribution in [3.8, 4) is 22.3 Å². The minimum atomic E-state index is -0.821. The molecule has 3 aromatic rings. The summed E-state index contributed by atoms with van der Waals surface area (Å²) in [4.78, 5) is 0. The van der Waals surface area contributed by atoms with E-state index in [0.29, 0.717) is 5.56 Å². The van der Waals surface area contributed by atoms with Crippen molar-refractivity contribution in [3.05, 3.63) is 83.9 Å². The molecular weight excluding hydrogens is 302 g/mol. The lowest BCUT2D eigenvalue weighted by Crippen LogP contribution is -1.87. The fraction of sp³-hybridized carbons (Fsp3) is 0.182. The molecule has 0 amide bonds. The zero-order valence-corrected chi connectivity index (χ0v) is 13.7. The molecule has 24 heavy (non-hydrogen) atoms. The van der Waals surface area contributed by atoms with Gasteiger partial charge in [0.15, 0.2) is 11.6 Å². The third-order valence-electron chi connectivity index (χ3n) is 4.24. The maximum Gasteiger partial charge on any atom is 0.159 e. The quantitative estimate of drug-likeness (QED) is 0.494. The van der Waals surface area contributed by atoms with Gasteiger partial charge in [-0.05, 0) is 52.8 Å². The van der Waals surface area contributed by atoms with Gasteiger partial charge in [-0.15, -0.1) is 0 Å². The number of rotatable bonds is 5. The highest BCUT2D eigenvalue weighted by atomic mass is 19.2. The van der Waals surface area contributed by atoms with E-state index < -0.39 is 11.6 Å². The van der Waals surface area contributed by atoms with Gasteiger partial charge >= 0.3 is 0 Å². The van der Waals surface area contributed by atoms with E-state index in [0.717, 1.165) is 29.2 Å². The molecule has 0 saturated heterocycles. The van der Waals surface area contributed by atoms with Gasteiger partial charge in [0.05, 0.1) is 0 Å². The summed E-state index contributed by atoms with van der Waals surface area (Å²) in [6, 6.07) is 20.5. The molecule has 0 saturated carbocycles. The van der Waals surface area contributed by atoms with E-state index in [2.05, 4.69) is 31.2 Å². The Morgan fingerprint density at radius 2 is 1.12 bits per heavy atom. The van der Waals surface area contributed by atoms with E-state index in [1.54, 1.807) is 6.07 Å². The van der Waals surface area contributed by atoms with Crippen molar-refractivity contribution in [3.63, 3.8) is 0 Å². The van der Waals surface area contributed by atoms with E-state index in [9.17, 15) is 8.78 Å². The van der Waals surface area contributed by atoms with Crippen LogP contribution in [0.1, 0.15) is 25.3 Å². The summed E-state index contributed by atoms with van der Waals surface area (Å²) in [5.41, 5.74) is 5.18. The number of halogens is 2. The zero-order valence-electron chi connectivity index (χ0n) is 13.7. The molecule has 122 valence electrons. The lowest BCUT2D eigenvalue weighted by atomic mass is 9.98. The average molecular weight is 322 g/mol. The van der Waals surface area contributed by atoms with Crippen LogP contribution < -0.4 is 0 Å². The van der Waals surface area contributed by atoms with Crippen LogP contribution in [0.3, 0.4) is 0 Å². The highest BCUT2D eigenvalue weighted by Crippen LogP contribution is 2.26. The maximum absolute atomic E-state index is 13.4. The van der Waals surface area contributed by atoms with Gasteiger partial charge in [0, 0.05) is 0 Å². The standard InChI is InChI=1S/C22H20F2/c1-2-3-4-16-5-7-17(8-6-16)18-9-11-19(12-10-18)20-13-14-21(23)22(24)15-20/h5-15H,2-4H2,1H3. The molecule has 3 rings (SSSR count). The number of benzene rings is 3. The predicted octanol–water partition coefficient (Wildman–Crippen LogP) is 6.64. The molecule has 0 aliphatic heterocycles. The molecule has 0 aliphatic carbocycles. The lowest BCUT2D eigenvalue weighted by molar-refractivity contribution is 0.509. The molecule has 2 heteroatoms. The predicted molar refractivity (Wildman–Crippen MR) is 95.8 cm³/mol. The van der Waals surface area contributed by atoms with E-state index in [-0.39, 0.29) is 0 Å². The van der Waals surface area contributed by atoms with E-state index in [1.807, 2.05) is 24.3 Å². The zero-order chi connectivity index (χ0) is 16.9. The second kappa shape index (κ2) is 7.39. The van der Waals surface area contributed by atoms with Gasteiger partial charge in [0.2, 0.25) is 0 Å². The summed E-state index contributed by atoms with van der Waals surface area (Å²) >= 11 is 0.